The molecule has 0 N–H and O–H groups in total. The zero-order valence-electron chi connectivity index (χ0n) is 14.6. The van der Waals surface area contributed by atoms with Gasteiger partial charge in [-0.2, -0.15) is 5.26 Å². The molecule has 0 bridgehead atoms. The van der Waals surface area contributed by atoms with Crippen molar-refractivity contribution < 1.29 is 14.3 Å². The Morgan fingerprint density at radius 1 is 1.22 bits per heavy atom. The summed E-state index contributed by atoms with van der Waals surface area (Å²) in [6, 6.07) is 1.92. The number of rotatable bonds is 10. The minimum absolute atomic E-state index is 0.0648. The number of unbranched alkanes of at least 4 members (excludes halogenated alkanes) is 2. The quantitative estimate of drug-likeness (QED) is 0.457. The summed E-state index contributed by atoms with van der Waals surface area (Å²) in [6.07, 6.45) is 6.12. The molecule has 23 heavy (non-hydrogen) atoms. The molecule has 2 amide bonds. The standard InChI is InChI=1S/C18H28N2O3/c1-4-6-7-11-23-15(8-5-2)9-10-20-17(21)12-14(3)16(13-19)18(20)22/h15H,4-12H2,1-3H3. The molecule has 0 aromatic carbocycles. The lowest BCUT2D eigenvalue weighted by Crippen LogP contribution is -2.42. The third-order valence-electron chi connectivity index (χ3n) is 4.10. The Bertz CT molecular complexity index is 491. The summed E-state index contributed by atoms with van der Waals surface area (Å²) in [7, 11) is 0. The highest BCUT2D eigenvalue weighted by Crippen LogP contribution is 2.20. The average Bonchev–Trinajstić information content (AvgIpc) is 2.51. The lowest BCUT2D eigenvalue weighted by molar-refractivity contribution is -0.143. The first kappa shape index (κ1) is 19.4. The number of amides is 2. The molecule has 1 unspecified atom stereocenters. The molecule has 1 aliphatic heterocycles. The van der Waals surface area contributed by atoms with Crippen LogP contribution >= 0.6 is 0 Å². The Kier molecular flexibility index (Phi) is 8.57. The first-order valence-corrected chi connectivity index (χ1v) is 8.61. The van der Waals surface area contributed by atoms with Gasteiger partial charge in [0.15, 0.2) is 0 Å². The second-order valence-electron chi connectivity index (χ2n) is 6.07. The molecule has 1 heterocycles. The van der Waals surface area contributed by atoms with E-state index in [1.807, 2.05) is 6.07 Å². The van der Waals surface area contributed by atoms with E-state index in [0.717, 1.165) is 38.7 Å². The monoisotopic (exact) mass is 320 g/mol. The highest BCUT2D eigenvalue weighted by atomic mass is 16.5. The maximum absolute atomic E-state index is 12.2. The van der Waals surface area contributed by atoms with Crippen LogP contribution in [-0.4, -0.2) is 36.0 Å². The number of hydrogen-bond donors (Lipinski definition) is 0. The molecule has 0 spiro atoms. The number of nitrogens with zero attached hydrogens (tertiary/aromatic N) is 2. The fraction of sp³-hybridized carbons (Fsp3) is 0.722. The van der Waals surface area contributed by atoms with Crippen LogP contribution < -0.4 is 0 Å². The van der Waals surface area contributed by atoms with Crippen LogP contribution in [0.4, 0.5) is 0 Å². The van der Waals surface area contributed by atoms with E-state index in [0.29, 0.717) is 18.5 Å². The third kappa shape index (κ3) is 5.80. The van der Waals surface area contributed by atoms with Gasteiger partial charge in [0.25, 0.3) is 5.91 Å². The van der Waals surface area contributed by atoms with Crippen LogP contribution in [0.15, 0.2) is 11.1 Å². The number of nitriles is 1. The van der Waals surface area contributed by atoms with Gasteiger partial charge in [0.05, 0.1) is 6.10 Å². The first-order chi connectivity index (χ1) is 11.0. The third-order valence-corrected chi connectivity index (χ3v) is 4.10. The summed E-state index contributed by atoms with van der Waals surface area (Å²) in [5.74, 6) is -0.671. The average molecular weight is 320 g/mol. The molecule has 0 fully saturated rings. The van der Waals surface area contributed by atoms with E-state index < -0.39 is 5.91 Å². The van der Waals surface area contributed by atoms with Gasteiger partial charge in [-0.05, 0) is 31.8 Å². The van der Waals surface area contributed by atoms with Crippen molar-refractivity contribution in [3.63, 3.8) is 0 Å². The predicted molar refractivity (Wildman–Crippen MR) is 88.4 cm³/mol. The van der Waals surface area contributed by atoms with Crippen LogP contribution in [0.5, 0.6) is 0 Å². The molecule has 5 nitrogen and oxygen atoms in total. The minimum Gasteiger partial charge on any atom is -0.378 e. The van der Waals surface area contributed by atoms with Gasteiger partial charge in [0.2, 0.25) is 5.91 Å². The van der Waals surface area contributed by atoms with E-state index in [9.17, 15) is 9.59 Å². The van der Waals surface area contributed by atoms with Gasteiger partial charge in [0, 0.05) is 19.6 Å². The number of imide groups is 1. The van der Waals surface area contributed by atoms with E-state index in [1.54, 1.807) is 6.92 Å². The molecule has 1 rings (SSSR count). The van der Waals surface area contributed by atoms with Gasteiger partial charge in [-0.1, -0.05) is 33.1 Å². The first-order valence-electron chi connectivity index (χ1n) is 8.61. The van der Waals surface area contributed by atoms with Crippen LogP contribution in [0.25, 0.3) is 0 Å². The Morgan fingerprint density at radius 2 is 1.96 bits per heavy atom. The maximum Gasteiger partial charge on any atom is 0.271 e. The van der Waals surface area contributed by atoms with Gasteiger partial charge >= 0.3 is 0 Å². The van der Waals surface area contributed by atoms with E-state index in [-0.39, 0.29) is 24.0 Å². The minimum atomic E-state index is -0.456. The SMILES string of the molecule is CCCCCOC(CCC)CCN1C(=O)CC(C)=C(C#N)C1=O. The largest absolute Gasteiger partial charge is 0.378 e. The second-order valence-corrected chi connectivity index (χ2v) is 6.07. The molecule has 0 aliphatic carbocycles. The fourth-order valence-electron chi connectivity index (χ4n) is 2.72. The van der Waals surface area contributed by atoms with Gasteiger partial charge in [-0.15, -0.1) is 0 Å². The topological polar surface area (TPSA) is 70.4 Å². The molecule has 128 valence electrons. The van der Waals surface area contributed by atoms with Crippen LogP contribution in [0.2, 0.25) is 0 Å². The molecule has 0 radical (unpaired) electrons. The molecular formula is C18H28N2O3. The molecule has 1 atom stereocenters. The summed E-state index contributed by atoms with van der Waals surface area (Å²) < 4.78 is 5.89. The van der Waals surface area contributed by atoms with Crippen molar-refractivity contribution in [3.8, 4) is 6.07 Å². The van der Waals surface area contributed by atoms with Crippen LogP contribution in [0.1, 0.15) is 65.7 Å². The predicted octanol–water partition coefficient (Wildman–Crippen LogP) is 3.35. The van der Waals surface area contributed by atoms with Gasteiger partial charge < -0.3 is 4.74 Å². The molecular weight excluding hydrogens is 292 g/mol. The maximum atomic E-state index is 12.2. The van der Waals surface area contributed by atoms with E-state index in [1.165, 1.54) is 4.90 Å². The smallest absolute Gasteiger partial charge is 0.271 e. The molecule has 1 aliphatic rings. The Hall–Kier alpha value is -1.67. The summed E-state index contributed by atoms with van der Waals surface area (Å²) in [5.41, 5.74) is 0.681. The normalized spacial score (nSPS) is 16.7. The fourth-order valence-corrected chi connectivity index (χ4v) is 2.72. The van der Waals surface area contributed by atoms with Crippen molar-refractivity contribution in [2.24, 2.45) is 0 Å². The zero-order chi connectivity index (χ0) is 17.2. The highest BCUT2D eigenvalue weighted by Gasteiger charge is 2.31. The van der Waals surface area contributed by atoms with Gasteiger partial charge in [0.1, 0.15) is 11.6 Å². The summed E-state index contributed by atoms with van der Waals surface area (Å²) in [4.78, 5) is 25.5. The Balaban J connectivity index is 2.57. The lowest BCUT2D eigenvalue weighted by Gasteiger charge is -2.27. The lowest BCUT2D eigenvalue weighted by atomic mass is 10.0. The van der Waals surface area contributed by atoms with Crippen LogP contribution in [0.3, 0.4) is 0 Å². The van der Waals surface area contributed by atoms with Crippen molar-refractivity contribution in [2.45, 2.75) is 71.8 Å². The Labute approximate surface area is 139 Å². The number of carbonyl (C=O) groups is 2. The number of ether oxygens (including phenoxy) is 1. The summed E-state index contributed by atoms with van der Waals surface area (Å²) in [5, 5.41) is 9.07. The summed E-state index contributed by atoms with van der Waals surface area (Å²) in [6.45, 7) is 6.97. The van der Waals surface area contributed by atoms with Crippen molar-refractivity contribution in [2.75, 3.05) is 13.2 Å². The van der Waals surface area contributed by atoms with E-state index >= 15 is 0 Å². The van der Waals surface area contributed by atoms with Crippen molar-refractivity contribution in [1.29, 1.82) is 5.26 Å². The Morgan fingerprint density at radius 3 is 2.57 bits per heavy atom. The van der Waals surface area contributed by atoms with Crippen LogP contribution in [0, 0.1) is 11.3 Å². The van der Waals surface area contributed by atoms with Gasteiger partial charge in [-0.3, -0.25) is 14.5 Å². The van der Waals surface area contributed by atoms with E-state index in [2.05, 4.69) is 13.8 Å². The molecule has 5 heteroatoms. The van der Waals surface area contributed by atoms with Crippen LogP contribution in [-0.2, 0) is 14.3 Å². The number of carbonyl (C=O) groups excluding carboxylic acids is 2. The van der Waals surface area contributed by atoms with Crippen molar-refractivity contribution in [3.05, 3.63) is 11.1 Å². The molecule has 0 saturated carbocycles. The molecule has 0 saturated heterocycles. The van der Waals surface area contributed by atoms with Crippen molar-refractivity contribution in [1.82, 2.24) is 4.90 Å². The highest BCUT2D eigenvalue weighted by molar-refractivity contribution is 6.10. The summed E-state index contributed by atoms with van der Waals surface area (Å²) >= 11 is 0. The molecule has 0 aromatic rings. The van der Waals surface area contributed by atoms with E-state index in [4.69, 9.17) is 10.00 Å². The van der Waals surface area contributed by atoms with Crippen molar-refractivity contribution >= 4 is 11.8 Å². The second kappa shape index (κ2) is 10.2. The molecule has 0 aromatic heterocycles. The number of hydrogen-bond acceptors (Lipinski definition) is 4. The van der Waals surface area contributed by atoms with Gasteiger partial charge in [-0.25, -0.2) is 0 Å². The zero-order valence-corrected chi connectivity index (χ0v) is 14.6.